The highest BCUT2D eigenvalue weighted by Gasteiger charge is 2.29. The van der Waals surface area contributed by atoms with Crippen LogP contribution < -0.4 is 11.1 Å². The summed E-state index contributed by atoms with van der Waals surface area (Å²) < 4.78 is 29.5. The predicted molar refractivity (Wildman–Crippen MR) is 145 cm³/mol. The number of piperazine rings is 1. The van der Waals surface area contributed by atoms with E-state index in [1.165, 1.54) is 4.31 Å². The lowest BCUT2D eigenvalue weighted by atomic mass is 10.1. The summed E-state index contributed by atoms with van der Waals surface area (Å²) in [4.78, 5) is 23.9. The Labute approximate surface area is 223 Å². The largest absolute Gasteiger partial charge is 0.364 e. The number of carbonyl (C=O) groups excluding carboxylic acids is 1. The molecule has 12 heteroatoms. The smallest absolute Gasteiger partial charge is 0.269 e. The summed E-state index contributed by atoms with van der Waals surface area (Å²) in [6.45, 7) is 5.17. The van der Waals surface area contributed by atoms with Crippen LogP contribution in [0.15, 0.2) is 35.4 Å². The maximum Gasteiger partial charge on any atom is 0.269 e. The number of nitrogens with one attached hydrogen (secondary N) is 1. The quantitative estimate of drug-likeness (QED) is 0.446. The summed E-state index contributed by atoms with van der Waals surface area (Å²) >= 11 is 0. The zero-order valence-electron chi connectivity index (χ0n) is 21.9. The van der Waals surface area contributed by atoms with E-state index in [1.54, 1.807) is 24.3 Å². The zero-order chi connectivity index (χ0) is 26.9. The summed E-state index contributed by atoms with van der Waals surface area (Å²) in [5.41, 5.74) is 10.1. The van der Waals surface area contributed by atoms with Gasteiger partial charge in [-0.15, -0.1) is 0 Å². The number of rotatable bonds is 8. The number of sulfonamides is 1. The maximum atomic E-state index is 13.1. The van der Waals surface area contributed by atoms with Crippen molar-refractivity contribution in [3.8, 4) is 11.4 Å². The van der Waals surface area contributed by atoms with E-state index in [1.807, 2.05) is 17.9 Å². The van der Waals surface area contributed by atoms with Gasteiger partial charge in [0.15, 0.2) is 5.69 Å². The number of likely N-dealkylation sites (N-methyl/N-ethyl adjacent to an activating group) is 1. The summed E-state index contributed by atoms with van der Waals surface area (Å²) in [7, 11) is -1.55. The Morgan fingerprint density at radius 2 is 1.84 bits per heavy atom. The lowest BCUT2D eigenvalue weighted by molar-refractivity contribution is 0.0993. The topological polar surface area (TPSA) is 139 Å². The van der Waals surface area contributed by atoms with E-state index in [4.69, 9.17) is 10.7 Å². The number of benzene rings is 1. The summed E-state index contributed by atoms with van der Waals surface area (Å²) in [5.74, 6) is -0.144. The van der Waals surface area contributed by atoms with E-state index in [0.29, 0.717) is 56.5 Å². The highest BCUT2D eigenvalue weighted by molar-refractivity contribution is 7.89. The van der Waals surface area contributed by atoms with Crippen molar-refractivity contribution < 1.29 is 13.2 Å². The van der Waals surface area contributed by atoms with Crippen molar-refractivity contribution >= 4 is 27.6 Å². The van der Waals surface area contributed by atoms with E-state index in [0.717, 1.165) is 48.2 Å². The second-order valence-corrected chi connectivity index (χ2v) is 11.8. The van der Waals surface area contributed by atoms with Crippen molar-refractivity contribution in [3.63, 3.8) is 0 Å². The molecule has 1 aliphatic heterocycles. The molecule has 202 valence electrons. The molecular weight excluding hydrogens is 504 g/mol. The van der Waals surface area contributed by atoms with E-state index in [-0.39, 0.29) is 4.90 Å². The number of nitrogens with two attached hydrogens (primary N) is 1. The number of carbonyl (C=O) groups is 1. The van der Waals surface area contributed by atoms with Gasteiger partial charge < -0.3 is 16.0 Å². The average Bonchev–Trinajstić information content (AvgIpc) is 3.16. The first kappa shape index (κ1) is 26.3. The second-order valence-electron chi connectivity index (χ2n) is 9.89. The molecule has 2 aliphatic rings. The Hall–Kier alpha value is -3.35. The molecule has 11 nitrogen and oxygen atoms in total. The Balaban J connectivity index is 1.42. The lowest BCUT2D eigenvalue weighted by Gasteiger charge is -2.31. The molecule has 1 aliphatic carbocycles. The number of unbranched alkanes of at least 4 members (excludes halogenated alkanes) is 1. The molecule has 1 saturated heterocycles. The van der Waals surface area contributed by atoms with Crippen LogP contribution in [0.1, 0.15) is 47.8 Å². The molecule has 1 amide bonds. The normalized spacial score (nSPS) is 16.5. The second kappa shape index (κ2) is 10.8. The summed E-state index contributed by atoms with van der Waals surface area (Å²) in [5, 5.41) is 7.76. The first-order valence-corrected chi connectivity index (χ1v) is 14.5. The van der Waals surface area contributed by atoms with Gasteiger partial charge in [-0.1, -0.05) is 13.3 Å². The van der Waals surface area contributed by atoms with Gasteiger partial charge in [-0.25, -0.2) is 18.4 Å². The number of hydrogen-bond acceptors (Lipinski definition) is 8. The first-order chi connectivity index (χ1) is 18.3. The number of aromatic nitrogens is 4. The van der Waals surface area contributed by atoms with Crippen molar-refractivity contribution in [2.45, 2.75) is 50.5 Å². The maximum absolute atomic E-state index is 13.1. The van der Waals surface area contributed by atoms with Gasteiger partial charge in [-0.2, -0.15) is 9.40 Å². The molecule has 0 bridgehead atoms. The molecule has 38 heavy (non-hydrogen) atoms. The molecular formula is C26H34N8O3S. The monoisotopic (exact) mass is 538 g/mol. The number of anilines is 2. The van der Waals surface area contributed by atoms with Crippen LogP contribution in [0.5, 0.6) is 0 Å². The third-order valence-corrected chi connectivity index (χ3v) is 9.09. The van der Waals surface area contributed by atoms with Gasteiger partial charge in [0.2, 0.25) is 16.0 Å². The lowest BCUT2D eigenvalue weighted by Crippen LogP contribution is -2.46. The van der Waals surface area contributed by atoms with Crippen molar-refractivity contribution in [1.82, 2.24) is 29.0 Å². The van der Waals surface area contributed by atoms with E-state index in [9.17, 15) is 13.2 Å². The van der Waals surface area contributed by atoms with Crippen LogP contribution in [0.2, 0.25) is 0 Å². The van der Waals surface area contributed by atoms with Gasteiger partial charge >= 0.3 is 0 Å². The van der Waals surface area contributed by atoms with Crippen LogP contribution in [-0.4, -0.2) is 76.5 Å². The molecule has 0 unspecified atom stereocenters. The van der Waals surface area contributed by atoms with E-state index >= 15 is 0 Å². The Bertz CT molecular complexity index is 1430. The van der Waals surface area contributed by atoms with Gasteiger partial charge in [-0.3, -0.25) is 9.48 Å². The average molecular weight is 539 g/mol. The number of hydrogen-bond donors (Lipinski definition) is 2. The number of nitrogens with zero attached hydrogens (tertiary/aromatic N) is 6. The SMILES string of the molecule is CCCCn1nc(C(N)=O)c2c1-c1nc(Nc3ccc(S(=O)(=O)N4CCN(C)CC4)cc3)ncc1CCC2. The van der Waals surface area contributed by atoms with Crippen LogP contribution in [0.3, 0.4) is 0 Å². The van der Waals surface area contributed by atoms with E-state index in [2.05, 4.69) is 27.2 Å². The first-order valence-electron chi connectivity index (χ1n) is 13.1. The minimum absolute atomic E-state index is 0.263. The number of aryl methyl sites for hydroxylation is 2. The van der Waals surface area contributed by atoms with E-state index < -0.39 is 15.9 Å². The number of primary amides is 1. The molecule has 5 rings (SSSR count). The minimum Gasteiger partial charge on any atom is -0.364 e. The van der Waals surface area contributed by atoms with Crippen LogP contribution in [0, 0.1) is 0 Å². The molecule has 0 spiro atoms. The standard InChI is InChI=1S/C26H34N8O3S/c1-3-4-12-34-24-21(23(31-34)25(27)35)7-5-6-18-17-28-26(30-22(18)24)29-19-8-10-20(11-9-19)38(36,37)33-15-13-32(2)14-16-33/h8-11,17H,3-7,12-16H2,1-2H3,(H2,27,35)(H,28,29,30). The highest BCUT2D eigenvalue weighted by Crippen LogP contribution is 2.34. The van der Waals surface area contributed by atoms with Crippen molar-refractivity contribution in [1.29, 1.82) is 0 Å². The van der Waals surface area contributed by atoms with Crippen molar-refractivity contribution in [3.05, 3.63) is 47.3 Å². The molecule has 0 saturated carbocycles. The van der Waals surface area contributed by atoms with Gasteiger partial charge in [0, 0.05) is 50.2 Å². The fourth-order valence-corrected chi connectivity index (χ4v) is 6.42. The van der Waals surface area contributed by atoms with Gasteiger partial charge in [0.25, 0.3) is 5.91 Å². The van der Waals surface area contributed by atoms with Crippen molar-refractivity contribution in [2.75, 3.05) is 38.5 Å². The molecule has 3 N–H and O–H groups in total. The van der Waals surface area contributed by atoms with Crippen LogP contribution in [0.4, 0.5) is 11.6 Å². The predicted octanol–water partition coefficient (Wildman–Crippen LogP) is 2.41. The Kier molecular flexibility index (Phi) is 7.46. The number of fused-ring (bicyclic) bond motifs is 3. The van der Waals surface area contributed by atoms with Gasteiger partial charge in [0.1, 0.15) is 0 Å². The van der Waals surface area contributed by atoms with Crippen LogP contribution in [-0.2, 0) is 29.4 Å². The molecule has 3 aromatic rings. The summed E-state index contributed by atoms with van der Waals surface area (Å²) in [6, 6.07) is 6.66. The summed E-state index contributed by atoms with van der Waals surface area (Å²) in [6.07, 6.45) is 6.05. The third kappa shape index (κ3) is 5.16. The fourth-order valence-electron chi connectivity index (χ4n) is 5.00. The Morgan fingerprint density at radius 3 is 2.53 bits per heavy atom. The van der Waals surface area contributed by atoms with Crippen LogP contribution >= 0.6 is 0 Å². The van der Waals surface area contributed by atoms with Gasteiger partial charge in [-0.05, 0) is 62.6 Å². The molecule has 1 aromatic carbocycles. The molecule has 3 heterocycles. The van der Waals surface area contributed by atoms with Crippen molar-refractivity contribution in [2.24, 2.45) is 5.73 Å². The zero-order valence-corrected chi connectivity index (χ0v) is 22.7. The molecule has 2 aromatic heterocycles. The Morgan fingerprint density at radius 1 is 1.11 bits per heavy atom. The molecule has 0 atom stereocenters. The number of amides is 1. The highest BCUT2D eigenvalue weighted by atomic mass is 32.2. The minimum atomic E-state index is -3.54. The molecule has 0 radical (unpaired) electrons. The van der Waals surface area contributed by atoms with Crippen LogP contribution in [0.25, 0.3) is 11.4 Å². The third-order valence-electron chi connectivity index (χ3n) is 7.18. The molecule has 1 fully saturated rings. The fraction of sp³-hybridized carbons (Fsp3) is 0.462. The van der Waals surface area contributed by atoms with Gasteiger partial charge in [0.05, 0.1) is 16.3 Å².